The van der Waals surface area contributed by atoms with E-state index in [1.807, 2.05) is 36.6 Å². The molecule has 0 aliphatic carbocycles. The molecule has 0 aliphatic rings. The molecular formula is C14H14BrN5O2. The van der Waals surface area contributed by atoms with Gasteiger partial charge in [-0.3, -0.25) is 4.40 Å². The summed E-state index contributed by atoms with van der Waals surface area (Å²) in [4.78, 5) is 16.4. The number of hydrogen-bond donors (Lipinski definition) is 0. The van der Waals surface area contributed by atoms with Gasteiger partial charge in [0.2, 0.25) is 0 Å². The highest BCUT2D eigenvalue weighted by atomic mass is 79.9. The minimum Gasteiger partial charge on any atom is -0.453 e. The van der Waals surface area contributed by atoms with Gasteiger partial charge in [-0.1, -0.05) is 6.07 Å². The fourth-order valence-electron chi connectivity index (χ4n) is 2.08. The smallest absolute Gasteiger partial charge is 0.359 e. The zero-order chi connectivity index (χ0) is 15.7. The van der Waals surface area contributed by atoms with Crippen LogP contribution in [0.3, 0.4) is 0 Å². The monoisotopic (exact) mass is 363 g/mol. The van der Waals surface area contributed by atoms with Crippen molar-refractivity contribution in [3.63, 3.8) is 0 Å². The number of aromatic nitrogens is 5. The molecule has 0 saturated heterocycles. The van der Waals surface area contributed by atoms with Crippen molar-refractivity contribution in [3.8, 4) is 0 Å². The molecule has 0 fully saturated rings. The van der Waals surface area contributed by atoms with Crippen LogP contribution in [0.1, 0.15) is 36.2 Å². The van der Waals surface area contributed by atoms with Crippen LogP contribution in [0.15, 0.2) is 35.3 Å². The molecule has 8 heteroatoms. The second-order valence-corrected chi connectivity index (χ2v) is 5.84. The van der Waals surface area contributed by atoms with Crippen molar-refractivity contribution in [1.29, 1.82) is 0 Å². The standard InChI is InChI=1S/C14H14BrN5O2/c1-9(2)20-8-16-18-13(20)7-22-14(21)10-6-19-11(15)4-3-5-12(19)17-10/h3-6,8-9H,7H2,1-2H3. The highest BCUT2D eigenvalue weighted by Crippen LogP contribution is 2.15. The topological polar surface area (TPSA) is 74.3 Å². The van der Waals surface area contributed by atoms with E-state index in [2.05, 4.69) is 31.1 Å². The summed E-state index contributed by atoms with van der Waals surface area (Å²) in [6.45, 7) is 4.08. The minimum absolute atomic E-state index is 0.0616. The Morgan fingerprint density at radius 2 is 2.23 bits per heavy atom. The molecule has 0 atom stereocenters. The summed E-state index contributed by atoms with van der Waals surface area (Å²) in [5.74, 6) is 0.113. The number of halogens is 1. The van der Waals surface area contributed by atoms with Gasteiger partial charge < -0.3 is 9.30 Å². The van der Waals surface area contributed by atoms with Gasteiger partial charge in [-0.25, -0.2) is 9.78 Å². The SMILES string of the molecule is CC(C)n1cnnc1COC(=O)c1cn2c(Br)cccc2n1. The van der Waals surface area contributed by atoms with Crippen molar-refractivity contribution in [3.05, 3.63) is 46.8 Å². The van der Waals surface area contributed by atoms with Crippen molar-refractivity contribution in [1.82, 2.24) is 24.1 Å². The molecule has 3 heterocycles. The Kier molecular flexibility index (Phi) is 3.93. The van der Waals surface area contributed by atoms with E-state index < -0.39 is 5.97 Å². The number of ether oxygens (including phenoxy) is 1. The maximum atomic E-state index is 12.1. The van der Waals surface area contributed by atoms with Crippen LogP contribution in [-0.2, 0) is 11.3 Å². The number of hydrogen-bond acceptors (Lipinski definition) is 5. The largest absolute Gasteiger partial charge is 0.453 e. The van der Waals surface area contributed by atoms with E-state index in [0.29, 0.717) is 11.5 Å². The molecule has 0 radical (unpaired) electrons. The first-order valence-electron chi connectivity index (χ1n) is 6.75. The summed E-state index contributed by atoms with van der Waals surface area (Å²) in [6.07, 6.45) is 3.25. The normalized spacial score (nSPS) is 11.3. The first-order valence-corrected chi connectivity index (χ1v) is 7.54. The van der Waals surface area contributed by atoms with E-state index in [4.69, 9.17) is 4.74 Å². The van der Waals surface area contributed by atoms with Gasteiger partial charge in [0, 0.05) is 12.2 Å². The molecule has 0 N–H and O–H groups in total. The lowest BCUT2D eigenvalue weighted by atomic mass is 10.4. The highest BCUT2D eigenvalue weighted by Gasteiger charge is 2.15. The lowest BCUT2D eigenvalue weighted by molar-refractivity contribution is 0.0450. The summed E-state index contributed by atoms with van der Waals surface area (Å²) in [5, 5.41) is 7.80. The van der Waals surface area contributed by atoms with Crippen LogP contribution < -0.4 is 0 Å². The van der Waals surface area contributed by atoms with E-state index in [9.17, 15) is 4.79 Å². The Labute approximate surface area is 135 Å². The first-order chi connectivity index (χ1) is 10.6. The Hall–Kier alpha value is -2.22. The van der Waals surface area contributed by atoms with Gasteiger partial charge in [0.15, 0.2) is 18.1 Å². The first kappa shape index (κ1) is 14.7. The number of fused-ring (bicyclic) bond motifs is 1. The number of rotatable bonds is 4. The Morgan fingerprint density at radius 1 is 1.41 bits per heavy atom. The summed E-state index contributed by atoms with van der Waals surface area (Å²) in [7, 11) is 0. The van der Waals surface area contributed by atoms with E-state index in [0.717, 1.165) is 4.60 Å². The summed E-state index contributed by atoms with van der Waals surface area (Å²) in [5.41, 5.74) is 0.925. The van der Waals surface area contributed by atoms with Crippen molar-refractivity contribution >= 4 is 27.5 Å². The number of imidazole rings is 1. The van der Waals surface area contributed by atoms with Gasteiger partial charge in [0.1, 0.15) is 12.0 Å². The lowest BCUT2D eigenvalue weighted by Crippen LogP contribution is -2.11. The third kappa shape index (κ3) is 2.74. The fourth-order valence-corrected chi connectivity index (χ4v) is 2.52. The predicted octanol–water partition coefficient (Wildman–Crippen LogP) is 2.63. The zero-order valence-electron chi connectivity index (χ0n) is 12.1. The van der Waals surface area contributed by atoms with Crippen molar-refractivity contribution in [2.75, 3.05) is 0 Å². The zero-order valence-corrected chi connectivity index (χ0v) is 13.7. The van der Waals surface area contributed by atoms with Crippen LogP contribution in [0.25, 0.3) is 5.65 Å². The van der Waals surface area contributed by atoms with E-state index in [-0.39, 0.29) is 18.3 Å². The number of carbonyl (C=O) groups excluding carboxylic acids is 1. The predicted molar refractivity (Wildman–Crippen MR) is 82.4 cm³/mol. The maximum Gasteiger partial charge on any atom is 0.359 e. The molecule has 0 saturated carbocycles. The number of esters is 1. The summed E-state index contributed by atoms with van der Waals surface area (Å²) < 4.78 is 9.72. The molecule has 0 aromatic carbocycles. The lowest BCUT2D eigenvalue weighted by Gasteiger charge is -2.09. The molecule has 0 spiro atoms. The third-order valence-electron chi connectivity index (χ3n) is 3.19. The van der Waals surface area contributed by atoms with Crippen LogP contribution in [0.5, 0.6) is 0 Å². The number of nitrogens with zero attached hydrogens (tertiary/aromatic N) is 5. The maximum absolute atomic E-state index is 12.1. The van der Waals surface area contributed by atoms with E-state index in [1.54, 1.807) is 16.9 Å². The molecule has 7 nitrogen and oxygen atoms in total. The molecule has 3 aromatic rings. The summed E-state index contributed by atoms with van der Waals surface area (Å²) in [6, 6.07) is 5.74. The van der Waals surface area contributed by atoms with Crippen LogP contribution in [0.4, 0.5) is 0 Å². The quantitative estimate of drug-likeness (QED) is 0.526. The Balaban J connectivity index is 1.76. The molecule has 22 heavy (non-hydrogen) atoms. The molecule has 0 amide bonds. The van der Waals surface area contributed by atoms with Crippen LogP contribution in [0, 0.1) is 0 Å². The van der Waals surface area contributed by atoms with Crippen molar-refractivity contribution in [2.24, 2.45) is 0 Å². The molecule has 114 valence electrons. The van der Waals surface area contributed by atoms with E-state index >= 15 is 0 Å². The van der Waals surface area contributed by atoms with Crippen molar-refractivity contribution in [2.45, 2.75) is 26.5 Å². The molecule has 0 unspecified atom stereocenters. The minimum atomic E-state index is -0.492. The van der Waals surface area contributed by atoms with Gasteiger partial charge in [0.05, 0.1) is 4.60 Å². The second kappa shape index (κ2) is 5.88. The van der Waals surface area contributed by atoms with Crippen LogP contribution in [0.2, 0.25) is 0 Å². The second-order valence-electron chi connectivity index (χ2n) is 5.03. The Bertz CT molecular complexity index is 824. The van der Waals surface area contributed by atoms with Gasteiger partial charge in [-0.15, -0.1) is 10.2 Å². The van der Waals surface area contributed by atoms with Gasteiger partial charge >= 0.3 is 5.97 Å². The van der Waals surface area contributed by atoms with Crippen LogP contribution in [-0.4, -0.2) is 30.1 Å². The van der Waals surface area contributed by atoms with Gasteiger partial charge in [-0.2, -0.15) is 0 Å². The highest BCUT2D eigenvalue weighted by molar-refractivity contribution is 9.10. The molecule has 0 aliphatic heterocycles. The van der Waals surface area contributed by atoms with Crippen LogP contribution >= 0.6 is 15.9 Å². The van der Waals surface area contributed by atoms with Gasteiger partial charge in [-0.05, 0) is 41.9 Å². The molecular weight excluding hydrogens is 350 g/mol. The molecule has 0 bridgehead atoms. The Morgan fingerprint density at radius 3 is 2.95 bits per heavy atom. The molecule has 3 aromatic heterocycles. The van der Waals surface area contributed by atoms with Crippen molar-refractivity contribution < 1.29 is 9.53 Å². The van der Waals surface area contributed by atoms with E-state index in [1.165, 1.54) is 0 Å². The fraction of sp³-hybridized carbons (Fsp3) is 0.286. The average molecular weight is 364 g/mol. The molecule has 3 rings (SSSR count). The summed E-state index contributed by atoms with van der Waals surface area (Å²) >= 11 is 3.40. The number of pyridine rings is 1. The third-order valence-corrected chi connectivity index (χ3v) is 3.83. The van der Waals surface area contributed by atoms with Gasteiger partial charge in [0.25, 0.3) is 0 Å². The number of carbonyl (C=O) groups is 1. The average Bonchev–Trinajstić information content (AvgIpc) is 3.12.